The fraction of sp³-hybridized carbons (Fsp3) is 0.636. The van der Waals surface area contributed by atoms with Crippen LogP contribution in [0, 0.1) is 5.92 Å². The number of hydrogen-bond donors (Lipinski definition) is 1. The van der Waals surface area contributed by atoms with Crippen LogP contribution in [0.1, 0.15) is 71.7 Å². The van der Waals surface area contributed by atoms with Crippen LogP contribution in [-0.4, -0.2) is 33.4 Å². The number of hydrogen-bond acceptors (Lipinski definition) is 3. The van der Waals surface area contributed by atoms with E-state index in [1.807, 2.05) is 12.1 Å². The molecule has 148 valence electrons. The lowest BCUT2D eigenvalue weighted by Gasteiger charge is -2.21. The first kappa shape index (κ1) is 19.9. The summed E-state index contributed by atoms with van der Waals surface area (Å²) in [5, 5.41) is 3.01. The molecule has 0 atom stereocenters. The minimum absolute atomic E-state index is 0.0671. The zero-order valence-corrected chi connectivity index (χ0v) is 17.3. The highest BCUT2D eigenvalue weighted by atomic mass is 16.1. The maximum atomic E-state index is 12.1. The molecule has 0 radical (unpaired) electrons. The Balaban J connectivity index is 1.85. The molecule has 5 nitrogen and oxygen atoms in total. The number of carbonyl (C=O) groups is 1. The van der Waals surface area contributed by atoms with Crippen molar-refractivity contribution in [2.24, 2.45) is 5.92 Å². The van der Waals surface area contributed by atoms with Gasteiger partial charge in [0, 0.05) is 18.2 Å². The van der Waals surface area contributed by atoms with E-state index in [2.05, 4.69) is 48.5 Å². The van der Waals surface area contributed by atoms with Gasteiger partial charge < -0.3 is 9.88 Å². The van der Waals surface area contributed by atoms with E-state index >= 15 is 0 Å². The summed E-state index contributed by atoms with van der Waals surface area (Å²) in [6.07, 6.45) is 5.80. The molecule has 27 heavy (non-hydrogen) atoms. The lowest BCUT2D eigenvalue weighted by atomic mass is 10.1. The smallest absolute Gasteiger partial charge is 0.224 e. The minimum atomic E-state index is 0.0671. The van der Waals surface area contributed by atoms with Gasteiger partial charge in [-0.1, -0.05) is 26.7 Å². The third-order valence-electron chi connectivity index (χ3n) is 5.22. The molecule has 1 aliphatic rings. The first-order valence-corrected chi connectivity index (χ1v) is 10.5. The summed E-state index contributed by atoms with van der Waals surface area (Å²) in [4.78, 5) is 19.6. The predicted octanol–water partition coefficient (Wildman–Crippen LogP) is 4.98. The fourth-order valence-corrected chi connectivity index (χ4v) is 3.99. The van der Waals surface area contributed by atoms with Crippen molar-refractivity contribution in [2.45, 2.75) is 72.4 Å². The molecule has 0 bridgehead atoms. The zero-order chi connectivity index (χ0) is 19.4. The first-order valence-electron chi connectivity index (χ1n) is 10.5. The molecule has 1 aromatic heterocycles. The fourth-order valence-electron chi connectivity index (χ4n) is 3.99. The minimum Gasteiger partial charge on any atom is -0.326 e. The van der Waals surface area contributed by atoms with E-state index in [1.165, 1.54) is 25.7 Å². The average molecular weight is 371 g/mol. The largest absolute Gasteiger partial charge is 0.326 e. The van der Waals surface area contributed by atoms with Gasteiger partial charge in [0.2, 0.25) is 5.91 Å². The van der Waals surface area contributed by atoms with Gasteiger partial charge in [0.1, 0.15) is 5.82 Å². The number of fused-ring (bicyclic) bond motifs is 1. The Morgan fingerprint density at radius 1 is 1.11 bits per heavy atom. The Morgan fingerprint density at radius 3 is 2.44 bits per heavy atom. The van der Waals surface area contributed by atoms with Crippen LogP contribution in [-0.2, 0) is 11.3 Å². The van der Waals surface area contributed by atoms with Gasteiger partial charge in [0.05, 0.1) is 17.6 Å². The van der Waals surface area contributed by atoms with Crippen LogP contribution in [0.3, 0.4) is 0 Å². The van der Waals surface area contributed by atoms with Crippen LogP contribution in [0.25, 0.3) is 11.0 Å². The number of carbonyl (C=O) groups excluding carboxylic acids is 1. The van der Waals surface area contributed by atoms with E-state index in [1.54, 1.807) is 0 Å². The van der Waals surface area contributed by atoms with Crippen molar-refractivity contribution >= 4 is 22.6 Å². The highest BCUT2D eigenvalue weighted by Gasteiger charge is 2.18. The topological polar surface area (TPSA) is 50.2 Å². The van der Waals surface area contributed by atoms with E-state index in [0.717, 1.165) is 42.2 Å². The van der Waals surface area contributed by atoms with Crippen LogP contribution in [0.4, 0.5) is 5.69 Å². The summed E-state index contributed by atoms with van der Waals surface area (Å²) in [5.41, 5.74) is 2.95. The second-order valence-electron chi connectivity index (χ2n) is 8.53. The number of amides is 1. The first-order chi connectivity index (χ1) is 12.9. The number of aromatic nitrogens is 2. The SMILES string of the molecule is CC(C)CC(=O)Nc1ccc2c(c1)nc(CN1CCCCCC1)n2C(C)C. The van der Waals surface area contributed by atoms with Crippen molar-refractivity contribution < 1.29 is 4.79 Å². The van der Waals surface area contributed by atoms with Gasteiger partial charge in [-0.05, 0) is 63.9 Å². The van der Waals surface area contributed by atoms with Crippen molar-refractivity contribution in [1.82, 2.24) is 14.5 Å². The molecule has 1 aliphatic heterocycles. The van der Waals surface area contributed by atoms with E-state index < -0.39 is 0 Å². The van der Waals surface area contributed by atoms with Gasteiger partial charge in [0.25, 0.3) is 0 Å². The number of benzene rings is 1. The van der Waals surface area contributed by atoms with Gasteiger partial charge in [-0.15, -0.1) is 0 Å². The lowest BCUT2D eigenvalue weighted by Crippen LogP contribution is -2.26. The van der Waals surface area contributed by atoms with Crippen molar-refractivity contribution in [3.05, 3.63) is 24.0 Å². The third kappa shape index (κ3) is 5.10. The number of likely N-dealkylation sites (tertiary alicyclic amines) is 1. The average Bonchev–Trinajstić information content (AvgIpc) is 2.74. The molecule has 5 heteroatoms. The van der Waals surface area contributed by atoms with Gasteiger partial charge in [-0.2, -0.15) is 0 Å². The van der Waals surface area contributed by atoms with E-state index in [-0.39, 0.29) is 5.91 Å². The van der Waals surface area contributed by atoms with Crippen molar-refractivity contribution in [2.75, 3.05) is 18.4 Å². The number of imidazole rings is 1. The third-order valence-corrected chi connectivity index (χ3v) is 5.22. The molecule has 1 N–H and O–H groups in total. The van der Waals surface area contributed by atoms with Crippen molar-refractivity contribution in [1.29, 1.82) is 0 Å². The quantitative estimate of drug-likeness (QED) is 0.780. The van der Waals surface area contributed by atoms with Crippen molar-refractivity contribution in [3.63, 3.8) is 0 Å². The van der Waals surface area contributed by atoms with Crippen LogP contribution < -0.4 is 5.32 Å². The van der Waals surface area contributed by atoms with Gasteiger partial charge >= 0.3 is 0 Å². The molecule has 2 heterocycles. The summed E-state index contributed by atoms with van der Waals surface area (Å²) >= 11 is 0. The molecule has 0 aliphatic carbocycles. The van der Waals surface area contributed by atoms with E-state index in [0.29, 0.717) is 18.4 Å². The molecule has 1 amide bonds. The molecule has 1 aromatic carbocycles. The number of anilines is 1. The van der Waals surface area contributed by atoms with Crippen LogP contribution in [0.5, 0.6) is 0 Å². The summed E-state index contributed by atoms with van der Waals surface area (Å²) in [7, 11) is 0. The predicted molar refractivity (Wildman–Crippen MR) is 112 cm³/mol. The standard InChI is InChI=1S/C22H34N4O/c1-16(2)13-22(27)23-18-9-10-20-19(14-18)24-21(26(20)17(3)4)15-25-11-7-5-6-8-12-25/h9-10,14,16-17H,5-8,11-13,15H2,1-4H3,(H,23,27). The number of nitrogens with zero attached hydrogens (tertiary/aromatic N) is 3. The van der Waals surface area contributed by atoms with E-state index in [9.17, 15) is 4.79 Å². The Bertz CT molecular complexity index is 770. The summed E-state index contributed by atoms with van der Waals surface area (Å²) in [5.74, 6) is 1.55. The monoisotopic (exact) mass is 370 g/mol. The molecule has 2 aromatic rings. The molecule has 1 saturated heterocycles. The van der Waals surface area contributed by atoms with Gasteiger partial charge in [-0.3, -0.25) is 9.69 Å². The molecule has 3 rings (SSSR count). The summed E-state index contributed by atoms with van der Waals surface area (Å²) in [6, 6.07) is 6.47. The van der Waals surface area contributed by atoms with E-state index in [4.69, 9.17) is 4.98 Å². The Kier molecular flexibility index (Phi) is 6.53. The number of rotatable bonds is 6. The summed E-state index contributed by atoms with van der Waals surface area (Å²) in [6.45, 7) is 11.8. The highest BCUT2D eigenvalue weighted by molar-refractivity contribution is 5.93. The Morgan fingerprint density at radius 2 is 1.81 bits per heavy atom. The normalized spacial score (nSPS) is 16.2. The molecule has 1 fully saturated rings. The second kappa shape index (κ2) is 8.87. The maximum absolute atomic E-state index is 12.1. The van der Waals surface area contributed by atoms with Crippen LogP contribution in [0.2, 0.25) is 0 Å². The zero-order valence-electron chi connectivity index (χ0n) is 17.3. The maximum Gasteiger partial charge on any atom is 0.224 e. The van der Waals surface area contributed by atoms with Gasteiger partial charge in [0.15, 0.2) is 0 Å². The molecular formula is C22H34N4O. The molecular weight excluding hydrogens is 336 g/mol. The molecule has 0 unspecified atom stereocenters. The van der Waals surface area contributed by atoms with Gasteiger partial charge in [-0.25, -0.2) is 4.98 Å². The van der Waals surface area contributed by atoms with Crippen LogP contribution >= 0.6 is 0 Å². The number of nitrogens with one attached hydrogen (secondary N) is 1. The highest BCUT2D eigenvalue weighted by Crippen LogP contribution is 2.25. The Labute approximate surface area is 163 Å². The molecule has 0 spiro atoms. The lowest BCUT2D eigenvalue weighted by molar-refractivity contribution is -0.116. The summed E-state index contributed by atoms with van der Waals surface area (Å²) < 4.78 is 2.35. The Hall–Kier alpha value is -1.88. The van der Waals surface area contributed by atoms with Crippen LogP contribution in [0.15, 0.2) is 18.2 Å². The van der Waals surface area contributed by atoms with Crippen molar-refractivity contribution in [3.8, 4) is 0 Å². The second-order valence-corrected chi connectivity index (χ2v) is 8.53. The molecule has 0 saturated carbocycles.